The zero-order chi connectivity index (χ0) is 17.1. The zero-order valence-electron chi connectivity index (χ0n) is 13.4. The van der Waals surface area contributed by atoms with E-state index in [9.17, 15) is 4.79 Å². The van der Waals surface area contributed by atoms with Gasteiger partial charge in [0.2, 0.25) is 0 Å². The Kier molecular flexibility index (Phi) is 5.57. The first-order valence-electron chi connectivity index (χ1n) is 7.90. The molecule has 0 saturated heterocycles. The van der Waals surface area contributed by atoms with Crippen molar-refractivity contribution in [3.63, 3.8) is 0 Å². The van der Waals surface area contributed by atoms with Gasteiger partial charge in [0.15, 0.2) is 0 Å². The van der Waals surface area contributed by atoms with Gasteiger partial charge in [-0.2, -0.15) is 0 Å². The fourth-order valence-corrected chi connectivity index (χ4v) is 4.07. The second-order valence-electron chi connectivity index (χ2n) is 5.94. The van der Waals surface area contributed by atoms with Crippen LogP contribution >= 0.6 is 31.9 Å². The molecule has 0 spiro atoms. The summed E-state index contributed by atoms with van der Waals surface area (Å²) in [6.45, 7) is 0. The van der Waals surface area contributed by atoms with Crippen LogP contribution in [0.25, 0.3) is 11.1 Å². The Balaban J connectivity index is 2.10. The lowest BCUT2D eigenvalue weighted by atomic mass is 9.78. The number of benzene rings is 2. The van der Waals surface area contributed by atoms with E-state index in [0.717, 1.165) is 27.4 Å². The van der Waals surface area contributed by atoms with Gasteiger partial charge in [0.1, 0.15) is 0 Å². The molecule has 2 aromatic carbocycles. The number of allylic oxidation sites excluding steroid dienone is 2. The third-order valence-electron chi connectivity index (χ3n) is 4.44. The molecule has 0 radical (unpaired) electrons. The molecule has 1 aliphatic rings. The van der Waals surface area contributed by atoms with Gasteiger partial charge in [-0.25, -0.2) is 0 Å². The van der Waals surface area contributed by atoms with E-state index < -0.39 is 0 Å². The minimum absolute atomic E-state index is 0.0696. The van der Waals surface area contributed by atoms with Gasteiger partial charge in [0, 0.05) is 8.95 Å². The first-order chi connectivity index (χ1) is 11.6. The molecule has 0 amide bonds. The first kappa shape index (κ1) is 17.4. The summed E-state index contributed by atoms with van der Waals surface area (Å²) in [5.74, 6) is -0.185. The van der Waals surface area contributed by atoms with Crippen molar-refractivity contribution in [2.45, 2.75) is 19.3 Å². The summed E-state index contributed by atoms with van der Waals surface area (Å²) >= 11 is 7.11. The monoisotopic (exact) mass is 448 g/mol. The van der Waals surface area contributed by atoms with E-state index in [1.54, 1.807) is 0 Å². The molecule has 4 heteroatoms. The maximum atomic E-state index is 12.0. The van der Waals surface area contributed by atoms with Crippen LogP contribution in [0.5, 0.6) is 0 Å². The molecule has 1 aliphatic carbocycles. The van der Waals surface area contributed by atoms with Crippen LogP contribution in [0.4, 0.5) is 0 Å². The average Bonchev–Trinajstić information content (AvgIpc) is 2.60. The summed E-state index contributed by atoms with van der Waals surface area (Å²) in [5, 5.41) is 0. The number of hydrogen-bond acceptors (Lipinski definition) is 2. The fourth-order valence-electron chi connectivity index (χ4n) is 3.27. The van der Waals surface area contributed by atoms with Crippen molar-refractivity contribution in [2.24, 2.45) is 5.92 Å². The second-order valence-corrected chi connectivity index (χ2v) is 7.77. The van der Waals surface area contributed by atoms with E-state index in [0.29, 0.717) is 6.42 Å². The Bertz CT molecular complexity index is 796. The lowest BCUT2D eigenvalue weighted by Gasteiger charge is -2.26. The highest BCUT2D eigenvalue weighted by Crippen LogP contribution is 2.41. The molecule has 0 saturated carbocycles. The van der Waals surface area contributed by atoms with Crippen molar-refractivity contribution in [3.8, 4) is 0 Å². The molecular formula is C20H18Br2O2. The molecule has 3 rings (SSSR count). The number of halogens is 2. The largest absolute Gasteiger partial charge is 0.469 e. The number of esters is 1. The summed E-state index contributed by atoms with van der Waals surface area (Å²) < 4.78 is 7.09. The topological polar surface area (TPSA) is 26.3 Å². The van der Waals surface area contributed by atoms with E-state index >= 15 is 0 Å². The lowest BCUT2D eigenvalue weighted by molar-refractivity contribution is -0.145. The van der Waals surface area contributed by atoms with Gasteiger partial charge < -0.3 is 4.74 Å². The van der Waals surface area contributed by atoms with Crippen LogP contribution in [0.3, 0.4) is 0 Å². The number of ether oxygens (including phenoxy) is 1. The molecule has 0 fully saturated rings. The minimum atomic E-state index is -0.115. The molecule has 1 atom stereocenters. The SMILES string of the molecule is COC(=O)C1CCC(c2cccc(Br)c2)=C(c2cccc(Br)c2)C1. The second kappa shape index (κ2) is 7.66. The molecule has 0 N–H and O–H groups in total. The van der Waals surface area contributed by atoms with Crippen LogP contribution in [0.1, 0.15) is 30.4 Å². The van der Waals surface area contributed by atoms with Crippen molar-refractivity contribution < 1.29 is 9.53 Å². The van der Waals surface area contributed by atoms with E-state index in [4.69, 9.17) is 4.74 Å². The highest BCUT2D eigenvalue weighted by molar-refractivity contribution is 9.10. The number of rotatable bonds is 3. The molecule has 2 nitrogen and oxygen atoms in total. The molecular weight excluding hydrogens is 432 g/mol. The van der Waals surface area contributed by atoms with Crippen molar-refractivity contribution in [2.75, 3.05) is 7.11 Å². The van der Waals surface area contributed by atoms with Crippen LogP contribution in [0.2, 0.25) is 0 Å². The molecule has 0 bridgehead atoms. The van der Waals surface area contributed by atoms with E-state index in [2.05, 4.69) is 62.2 Å². The number of methoxy groups -OCH3 is 1. The van der Waals surface area contributed by atoms with Gasteiger partial charge in [-0.15, -0.1) is 0 Å². The molecule has 0 aliphatic heterocycles. The third-order valence-corrected chi connectivity index (χ3v) is 5.42. The van der Waals surface area contributed by atoms with Crippen LogP contribution in [0, 0.1) is 5.92 Å². The normalized spacial score (nSPS) is 17.7. The van der Waals surface area contributed by atoms with Crippen LogP contribution in [0.15, 0.2) is 57.5 Å². The van der Waals surface area contributed by atoms with Gasteiger partial charge in [0.05, 0.1) is 13.0 Å². The van der Waals surface area contributed by atoms with Crippen LogP contribution in [-0.2, 0) is 9.53 Å². The Morgan fingerprint density at radius 3 is 2.12 bits per heavy atom. The zero-order valence-corrected chi connectivity index (χ0v) is 16.6. The Morgan fingerprint density at radius 1 is 1.00 bits per heavy atom. The number of carbonyl (C=O) groups excluding carboxylic acids is 1. The highest BCUT2D eigenvalue weighted by Gasteiger charge is 2.28. The van der Waals surface area contributed by atoms with Crippen molar-refractivity contribution in [1.82, 2.24) is 0 Å². The quantitative estimate of drug-likeness (QED) is 0.529. The summed E-state index contributed by atoms with van der Waals surface area (Å²) in [6.07, 6.45) is 2.41. The summed E-state index contributed by atoms with van der Waals surface area (Å²) in [5.41, 5.74) is 4.92. The molecule has 2 aromatic rings. The maximum Gasteiger partial charge on any atom is 0.309 e. The minimum Gasteiger partial charge on any atom is -0.469 e. The van der Waals surface area contributed by atoms with E-state index in [1.165, 1.54) is 23.8 Å². The van der Waals surface area contributed by atoms with Crippen molar-refractivity contribution in [1.29, 1.82) is 0 Å². The fraction of sp³-hybridized carbons (Fsp3) is 0.250. The summed E-state index contributed by atoms with van der Waals surface area (Å²) in [7, 11) is 1.47. The average molecular weight is 450 g/mol. The number of carbonyl (C=O) groups is 1. The molecule has 24 heavy (non-hydrogen) atoms. The Labute approximate surface area is 159 Å². The maximum absolute atomic E-state index is 12.0. The smallest absolute Gasteiger partial charge is 0.309 e. The van der Waals surface area contributed by atoms with Crippen LogP contribution < -0.4 is 0 Å². The highest BCUT2D eigenvalue weighted by atomic mass is 79.9. The number of hydrogen-bond donors (Lipinski definition) is 0. The van der Waals surface area contributed by atoms with Gasteiger partial charge in [-0.1, -0.05) is 56.1 Å². The lowest BCUT2D eigenvalue weighted by Crippen LogP contribution is -2.20. The Morgan fingerprint density at radius 2 is 1.58 bits per heavy atom. The van der Waals surface area contributed by atoms with Gasteiger partial charge >= 0.3 is 5.97 Å². The first-order valence-corrected chi connectivity index (χ1v) is 9.49. The summed E-state index contributed by atoms with van der Waals surface area (Å²) in [4.78, 5) is 12.0. The molecule has 1 unspecified atom stereocenters. The van der Waals surface area contributed by atoms with Gasteiger partial charge in [-0.05, 0) is 65.8 Å². The molecule has 0 aromatic heterocycles. The molecule has 124 valence electrons. The standard InChI is InChI=1S/C20H18Br2O2/c1-24-20(23)15-8-9-18(13-4-2-6-16(21)10-13)19(12-15)14-5-3-7-17(22)11-14/h2-7,10-11,15H,8-9,12H2,1H3. The van der Waals surface area contributed by atoms with Gasteiger partial charge in [0.25, 0.3) is 0 Å². The van der Waals surface area contributed by atoms with E-state index in [-0.39, 0.29) is 11.9 Å². The predicted molar refractivity (Wildman–Crippen MR) is 104 cm³/mol. The molecule has 0 heterocycles. The van der Waals surface area contributed by atoms with Crippen molar-refractivity contribution >= 4 is 49.0 Å². The van der Waals surface area contributed by atoms with E-state index in [1.807, 2.05) is 18.2 Å². The van der Waals surface area contributed by atoms with Gasteiger partial charge in [-0.3, -0.25) is 4.79 Å². The van der Waals surface area contributed by atoms with Crippen LogP contribution in [-0.4, -0.2) is 13.1 Å². The van der Waals surface area contributed by atoms with Crippen molar-refractivity contribution in [3.05, 3.63) is 68.6 Å². The Hall–Kier alpha value is -1.39. The predicted octanol–water partition coefficient (Wildman–Crippen LogP) is 6.10. The summed E-state index contributed by atoms with van der Waals surface area (Å²) in [6, 6.07) is 16.6. The third kappa shape index (κ3) is 3.81.